The summed E-state index contributed by atoms with van der Waals surface area (Å²) in [5.41, 5.74) is 2.11. The zero-order valence-corrected chi connectivity index (χ0v) is 13.1. The van der Waals surface area contributed by atoms with E-state index in [1.807, 2.05) is 23.6 Å². The Kier molecular flexibility index (Phi) is 5.18. The number of fused-ring (bicyclic) bond motifs is 1. The number of hydrogen-bond donors (Lipinski definition) is 0. The number of hydrogen-bond acceptors (Lipinski definition) is 4. The van der Waals surface area contributed by atoms with Crippen molar-refractivity contribution in [2.24, 2.45) is 0 Å². The Morgan fingerprint density at radius 2 is 2.19 bits per heavy atom. The van der Waals surface area contributed by atoms with Gasteiger partial charge >= 0.3 is 0 Å². The van der Waals surface area contributed by atoms with Gasteiger partial charge in [-0.3, -0.25) is 0 Å². The van der Waals surface area contributed by atoms with Crippen molar-refractivity contribution in [1.82, 2.24) is 9.55 Å². The fraction of sp³-hybridized carbons (Fsp3) is 0.467. The van der Waals surface area contributed by atoms with Crippen LogP contribution >= 0.6 is 11.6 Å². The maximum Gasteiger partial charge on any atom is 0.127 e. The third-order valence-corrected chi connectivity index (χ3v) is 3.55. The van der Waals surface area contributed by atoms with E-state index in [1.54, 1.807) is 20.3 Å². The molecule has 112 valence electrons. The van der Waals surface area contributed by atoms with Gasteiger partial charge in [0.05, 0.1) is 35.7 Å². The number of alkyl halides is 1. The van der Waals surface area contributed by atoms with Crippen molar-refractivity contribution in [3.8, 4) is 6.07 Å². The predicted octanol–water partition coefficient (Wildman–Crippen LogP) is 2.87. The number of halogens is 1. The Bertz CT molecular complexity index is 661. The van der Waals surface area contributed by atoms with Crippen molar-refractivity contribution in [3.05, 3.63) is 29.6 Å². The normalized spacial score (nSPS) is 14.0. The number of nitriles is 1. The summed E-state index contributed by atoms with van der Waals surface area (Å²) in [6.45, 7) is 2.91. The van der Waals surface area contributed by atoms with Gasteiger partial charge in [-0.15, -0.1) is 11.6 Å². The lowest BCUT2D eigenvalue weighted by Crippen LogP contribution is -2.24. The lowest BCUT2D eigenvalue weighted by molar-refractivity contribution is 0.0185. The van der Waals surface area contributed by atoms with Gasteiger partial charge < -0.3 is 14.0 Å². The molecule has 6 heteroatoms. The first-order valence-electron chi connectivity index (χ1n) is 6.67. The van der Waals surface area contributed by atoms with Gasteiger partial charge in [-0.2, -0.15) is 5.26 Å². The van der Waals surface area contributed by atoms with E-state index < -0.39 is 0 Å². The second-order valence-electron chi connectivity index (χ2n) is 4.79. The van der Waals surface area contributed by atoms with E-state index >= 15 is 0 Å². The fourth-order valence-corrected chi connectivity index (χ4v) is 2.50. The van der Waals surface area contributed by atoms with Crippen LogP contribution in [0.15, 0.2) is 18.2 Å². The predicted molar refractivity (Wildman–Crippen MR) is 81.4 cm³/mol. The first kappa shape index (κ1) is 15.8. The molecule has 1 heterocycles. The minimum Gasteiger partial charge on any atom is -0.382 e. The molecule has 0 saturated carbocycles. The molecule has 0 spiro atoms. The average molecular weight is 308 g/mol. The van der Waals surface area contributed by atoms with Crippen molar-refractivity contribution >= 4 is 22.6 Å². The summed E-state index contributed by atoms with van der Waals surface area (Å²) in [4.78, 5) is 4.54. The van der Waals surface area contributed by atoms with Crippen LogP contribution in [0.25, 0.3) is 11.0 Å². The maximum atomic E-state index is 9.21. The van der Waals surface area contributed by atoms with Crippen LogP contribution in [0, 0.1) is 11.3 Å². The van der Waals surface area contributed by atoms with Gasteiger partial charge in [0.2, 0.25) is 0 Å². The molecule has 0 N–H and O–H groups in total. The van der Waals surface area contributed by atoms with E-state index in [0.717, 1.165) is 11.3 Å². The van der Waals surface area contributed by atoms with Gasteiger partial charge in [0.25, 0.3) is 0 Å². The Morgan fingerprint density at radius 3 is 2.76 bits per heavy atom. The highest BCUT2D eigenvalue weighted by molar-refractivity contribution is 6.20. The van der Waals surface area contributed by atoms with Gasteiger partial charge in [-0.1, -0.05) is 6.07 Å². The molecule has 1 aromatic heterocycles. The number of ether oxygens (including phenoxy) is 2. The molecule has 0 aliphatic carbocycles. The van der Waals surface area contributed by atoms with Crippen molar-refractivity contribution in [2.75, 3.05) is 20.8 Å². The van der Waals surface area contributed by atoms with Crippen LogP contribution in [0.4, 0.5) is 0 Å². The number of rotatable bonds is 6. The lowest BCUT2D eigenvalue weighted by atomic mass is 10.2. The van der Waals surface area contributed by atoms with E-state index in [0.29, 0.717) is 24.2 Å². The summed E-state index contributed by atoms with van der Waals surface area (Å²) in [7, 11) is 3.28. The fourth-order valence-electron chi connectivity index (χ4n) is 2.34. The highest BCUT2D eigenvalue weighted by Crippen LogP contribution is 2.27. The molecule has 2 rings (SSSR count). The van der Waals surface area contributed by atoms with Crippen LogP contribution in [-0.4, -0.2) is 36.5 Å². The van der Waals surface area contributed by atoms with Gasteiger partial charge in [0.15, 0.2) is 0 Å². The first-order valence-corrected chi connectivity index (χ1v) is 7.11. The number of benzene rings is 1. The number of imidazole rings is 1. The number of methoxy groups -OCH3 is 2. The number of para-hydroxylation sites is 1. The third-order valence-electron chi connectivity index (χ3n) is 3.36. The first-order chi connectivity index (χ1) is 10.1. The average Bonchev–Trinajstić information content (AvgIpc) is 2.85. The SMILES string of the molecule is COCC(Cn1c(C(C)Cl)nc2c(C#N)cccc21)OC. The summed E-state index contributed by atoms with van der Waals surface area (Å²) in [5.74, 6) is 0.729. The molecule has 0 radical (unpaired) electrons. The summed E-state index contributed by atoms with van der Waals surface area (Å²) in [6, 6.07) is 7.71. The number of aromatic nitrogens is 2. The molecule has 0 saturated heterocycles. The van der Waals surface area contributed by atoms with Crippen molar-refractivity contribution in [3.63, 3.8) is 0 Å². The standard InChI is InChI=1S/C15H18ClN3O2/c1-10(16)15-18-14-11(7-17)5-4-6-13(14)19(15)8-12(21-3)9-20-2/h4-6,10,12H,8-9H2,1-3H3. The van der Waals surface area contributed by atoms with E-state index in [4.69, 9.17) is 21.1 Å². The topological polar surface area (TPSA) is 60.1 Å². The molecule has 1 aromatic carbocycles. The van der Waals surface area contributed by atoms with Gasteiger partial charge in [0.1, 0.15) is 17.4 Å². The van der Waals surface area contributed by atoms with Crippen molar-refractivity contribution < 1.29 is 9.47 Å². The molecule has 0 bridgehead atoms. The highest BCUT2D eigenvalue weighted by atomic mass is 35.5. The molecule has 0 fully saturated rings. The van der Waals surface area contributed by atoms with Crippen LogP contribution < -0.4 is 0 Å². The molecule has 2 atom stereocenters. The van der Waals surface area contributed by atoms with Crippen molar-refractivity contribution in [2.45, 2.75) is 24.9 Å². The molecule has 2 unspecified atom stereocenters. The third kappa shape index (κ3) is 3.18. The van der Waals surface area contributed by atoms with E-state index in [1.165, 1.54) is 0 Å². The van der Waals surface area contributed by atoms with Gasteiger partial charge in [-0.05, 0) is 19.1 Å². The smallest absolute Gasteiger partial charge is 0.127 e. The minimum atomic E-state index is -0.260. The molecule has 2 aromatic rings. The Balaban J connectivity index is 2.54. The molecule has 21 heavy (non-hydrogen) atoms. The zero-order valence-electron chi connectivity index (χ0n) is 12.3. The van der Waals surface area contributed by atoms with E-state index in [9.17, 15) is 5.26 Å². The van der Waals surface area contributed by atoms with Crippen LogP contribution in [-0.2, 0) is 16.0 Å². The number of nitrogens with zero attached hydrogens (tertiary/aromatic N) is 3. The molecule has 0 amide bonds. The summed E-state index contributed by atoms with van der Waals surface area (Å²) < 4.78 is 12.6. The van der Waals surface area contributed by atoms with Gasteiger partial charge in [0, 0.05) is 14.2 Å². The molecule has 0 aliphatic rings. The monoisotopic (exact) mass is 307 g/mol. The van der Waals surface area contributed by atoms with E-state index in [-0.39, 0.29) is 11.5 Å². The summed E-state index contributed by atoms with van der Waals surface area (Å²) >= 11 is 6.24. The van der Waals surface area contributed by atoms with Gasteiger partial charge in [-0.25, -0.2) is 4.98 Å². The second kappa shape index (κ2) is 6.90. The zero-order chi connectivity index (χ0) is 15.4. The highest BCUT2D eigenvalue weighted by Gasteiger charge is 2.19. The quantitative estimate of drug-likeness (QED) is 0.770. The molecular weight excluding hydrogens is 290 g/mol. The van der Waals surface area contributed by atoms with Crippen LogP contribution in [0.2, 0.25) is 0 Å². The van der Waals surface area contributed by atoms with E-state index in [2.05, 4.69) is 11.1 Å². The Morgan fingerprint density at radius 1 is 1.43 bits per heavy atom. The Labute approximate surface area is 129 Å². The second-order valence-corrected chi connectivity index (χ2v) is 5.45. The maximum absolute atomic E-state index is 9.21. The molecular formula is C15H18ClN3O2. The molecule has 5 nitrogen and oxygen atoms in total. The Hall–Kier alpha value is -1.61. The summed E-state index contributed by atoms with van der Waals surface area (Å²) in [6.07, 6.45) is -0.104. The largest absolute Gasteiger partial charge is 0.382 e. The minimum absolute atomic E-state index is 0.104. The lowest BCUT2D eigenvalue weighted by Gasteiger charge is -2.18. The molecule has 0 aliphatic heterocycles. The van der Waals surface area contributed by atoms with Crippen LogP contribution in [0.1, 0.15) is 23.7 Å². The van der Waals surface area contributed by atoms with Crippen molar-refractivity contribution in [1.29, 1.82) is 5.26 Å². The van der Waals surface area contributed by atoms with Crippen LogP contribution in [0.5, 0.6) is 0 Å². The van der Waals surface area contributed by atoms with Crippen LogP contribution in [0.3, 0.4) is 0 Å². The summed E-state index contributed by atoms with van der Waals surface area (Å²) in [5, 5.41) is 8.95.